The molecule has 2 aliphatic rings. The van der Waals surface area contributed by atoms with Crippen LogP contribution in [0.15, 0.2) is 0 Å². The van der Waals surface area contributed by atoms with E-state index in [4.69, 9.17) is 0 Å². The van der Waals surface area contributed by atoms with Crippen molar-refractivity contribution >= 4 is 0 Å². The third-order valence-corrected chi connectivity index (χ3v) is 4.19. The lowest BCUT2D eigenvalue weighted by Gasteiger charge is -2.33. The maximum Gasteiger partial charge on any atom is 0.0260 e. The van der Waals surface area contributed by atoms with Crippen LogP contribution in [-0.4, -0.2) is 37.1 Å². The Labute approximate surface area is 94.4 Å². The van der Waals surface area contributed by atoms with Crippen molar-refractivity contribution in [1.82, 2.24) is 10.2 Å². The van der Waals surface area contributed by atoms with Crippen LogP contribution in [0.5, 0.6) is 0 Å². The Bertz CT molecular complexity index is 173. The molecule has 2 rings (SSSR count). The Kier molecular flexibility index (Phi) is 4.45. The van der Waals surface area contributed by atoms with Crippen molar-refractivity contribution in [2.45, 2.75) is 51.5 Å². The molecule has 0 saturated carbocycles. The molecule has 0 spiro atoms. The van der Waals surface area contributed by atoms with Gasteiger partial charge in [-0.25, -0.2) is 0 Å². The van der Waals surface area contributed by atoms with Crippen molar-refractivity contribution in [1.29, 1.82) is 0 Å². The lowest BCUT2D eigenvalue weighted by molar-refractivity contribution is 0.155. The van der Waals surface area contributed by atoms with Gasteiger partial charge in [-0.05, 0) is 38.4 Å². The van der Waals surface area contributed by atoms with Crippen LogP contribution in [0.25, 0.3) is 0 Å². The summed E-state index contributed by atoms with van der Waals surface area (Å²) in [5.74, 6) is 0.907. The summed E-state index contributed by atoms with van der Waals surface area (Å²) in [7, 11) is 0. The molecular formula is C13H26N2. The predicted octanol–water partition coefficient (Wildman–Crippen LogP) is 2.25. The maximum atomic E-state index is 3.57. The zero-order valence-electron chi connectivity index (χ0n) is 10.2. The average Bonchev–Trinajstić information content (AvgIpc) is 2.65. The van der Waals surface area contributed by atoms with Crippen molar-refractivity contribution < 1.29 is 0 Å². The normalized spacial score (nSPS) is 35.0. The minimum atomic E-state index is 0.841. The SMILES string of the molecule is CCC1CNCC1N1CCCCCCC1. The zero-order chi connectivity index (χ0) is 10.5. The first-order chi connectivity index (χ1) is 7.42. The van der Waals surface area contributed by atoms with Crippen LogP contribution in [-0.2, 0) is 0 Å². The van der Waals surface area contributed by atoms with E-state index in [9.17, 15) is 0 Å². The molecule has 0 radical (unpaired) electrons. The first kappa shape index (κ1) is 11.4. The van der Waals surface area contributed by atoms with Gasteiger partial charge in [0.1, 0.15) is 0 Å². The summed E-state index contributed by atoms with van der Waals surface area (Å²) in [6.45, 7) is 7.52. The van der Waals surface area contributed by atoms with Crippen molar-refractivity contribution in [3.8, 4) is 0 Å². The topological polar surface area (TPSA) is 15.3 Å². The van der Waals surface area contributed by atoms with Gasteiger partial charge in [0.2, 0.25) is 0 Å². The molecular weight excluding hydrogens is 184 g/mol. The van der Waals surface area contributed by atoms with E-state index >= 15 is 0 Å². The molecule has 0 aromatic carbocycles. The largest absolute Gasteiger partial charge is 0.315 e. The fourth-order valence-corrected chi connectivity index (χ4v) is 3.17. The van der Waals surface area contributed by atoms with Crippen LogP contribution in [0.3, 0.4) is 0 Å². The number of nitrogens with zero attached hydrogens (tertiary/aromatic N) is 1. The Hall–Kier alpha value is -0.0800. The lowest BCUT2D eigenvalue weighted by atomic mass is 9.97. The molecule has 0 aliphatic carbocycles. The van der Waals surface area contributed by atoms with E-state index in [1.807, 2.05) is 0 Å². The third-order valence-electron chi connectivity index (χ3n) is 4.19. The minimum Gasteiger partial charge on any atom is -0.315 e. The van der Waals surface area contributed by atoms with Gasteiger partial charge < -0.3 is 5.32 Å². The highest BCUT2D eigenvalue weighted by molar-refractivity contribution is 4.88. The van der Waals surface area contributed by atoms with Gasteiger partial charge in [-0.1, -0.05) is 32.6 Å². The summed E-state index contributed by atoms with van der Waals surface area (Å²) in [6.07, 6.45) is 8.56. The van der Waals surface area contributed by atoms with E-state index in [2.05, 4.69) is 17.1 Å². The van der Waals surface area contributed by atoms with Crippen LogP contribution in [0.1, 0.15) is 45.4 Å². The second-order valence-corrected chi connectivity index (χ2v) is 5.20. The molecule has 2 heteroatoms. The molecule has 0 aromatic heterocycles. The molecule has 2 atom stereocenters. The first-order valence-corrected chi connectivity index (χ1v) is 6.86. The fourth-order valence-electron chi connectivity index (χ4n) is 3.17. The first-order valence-electron chi connectivity index (χ1n) is 6.86. The number of hydrogen-bond donors (Lipinski definition) is 1. The fraction of sp³-hybridized carbons (Fsp3) is 1.00. The molecule has 2 fully saturated rings. The van der Waals surface area contributed by atoms with Gasteiger partial charge in [0.15, 0.2) is 0 Å². The molecule has 15 heavy (non-hydrogen) atoms. The van der Waals surface area contributed by atoms with E-state index in [1.54, 1.807) is 0 Å². The van der Waals surface area contributed by atoms with Gasteiger partial charge in [0, 0.05) is 12.6 Å². The van der Waals surface area contributed by atoms with Crippen LogP contribution in [0.2, 0.25) is 0 Å². The lowest BCUT2D eigenvalue weighted by Crippen LogP contribution is -2.42. The van der Waals surface area contributed by atoms with Gasteiger partial charge in [-0.15, -0.1) is 0 Å². The molecule has 2 aliphatic heterocycles. The van der Waals surface area contributed by atoms with Crippen molar-refractivity contribution in [3.63, 3.8) is 0 Å². The maximum absolute atomic E-state index is 3.57. The Morgan fingerprint density at radius 1 is 1.00 bits per heavy atom. The van der Waals surface area contributed by atoms with Gasteiger partial charge in [0.25, 0.3) is 0 Å². The van der Waals surface area contributed by atoms with Crippen molar-refractivity contribution in [2.75, 3.05) is 26.2 Å². The molecule has 2 unspecified atom stereocenters. The number of nitrogens with one attached hydrogen (secondary N) is 1. The molecule has 0 bridgehead atoms. The van der Waals surface area contributed by atoms with Crippen LogP contribution < -0.4 is 5.32 Å². The molecule has 2 heterocycles. The summed E-state index contributed by atoms with van der Waals surface area (Å²) in [4.78, 5) is 2.77. The highest BCUT2D eigenvalue weighted by atomic mass is 15.2. The van der Waals surface area contributed by atoms with Crippen molar-refractivity contribution in [2.24, 2.45) is 5.92 Å². The second-order valence-electron chi connectivity index (χ2n) is 5.20. The van der Waals surface area contributed by atoms with Crippen LogP contribution in [0, 0.1) is 5.92 Å². The standard InChI is InChI=1S/C13H26N2/c1-2-12-10-14-11-13(12)15-8-6-4-3-5-7-9-15/h12-14H,2-11H2,1H3. The predicted molar refractivity (Wildman–Crippen MR) is 65.1 cm³/mol. The van der Waals surface area contributed by atoms with E-state index < -0.39 is 0 Å². The number of likely N-dealkylation sites (tertiary alicyclic amines) is 1. The van der Waals surface area contributed by atoms with E-state index in [1.165, 1.54) is 64.7 Å². The van der Waals surface area contributed by atoms with Gasteiger partial charge in [0.05, 0.1) is 0 Å². The highest BCUT2D eigenvalue weighted by Crippen LogP contribution is 2.22. The molecule has 0 aromatic rings. The summed E-state index contributed by atoms with van der Waals surface area (Å²) < 4.78 is 0. The van der Waals surface area contributed by atoms with E-state index in [0.29, 0.717) is 0 Å². The summed E-state index contributed by atoms with van der Waals surface area (Å²) in [6, 6.07) is 0.841. The molecule has 0 amide bonds. The quantitative estimate of drug-likeness (QED) is 0.752. The summed E-state index contributed by atoms with van der Waals surface area (Å²) >= 11 is 0. The van der Waals surface area contributed by atoms with E-state index in [-0.39, 0.29) is 0 Å². The van der Waals surface area contributed by atoms with Gasteiger partial charge in [-0.3, -0.25) is 4.90 Å². The number of rotatable bonds is 2. The Balaban J connectivity index is 1.88. The molecule has 2 nitrogen and oxygen atoms in total. The smallest absolute Gasteiger partial charge is 0.0260 e. The van der Waals surface area contributed by atoms with Gasteiger partial charge >= 0.3 is 0 Å². The van der Waals surface area contributed by atoms with Crippen LogP contribution in [0.4, 0.5) is 0 Å². The summed E-state index contributed by atoms with van der Waals surface area (Å²) in [5.41, 5.74) is 0. The van der Waals surface area contributed by atoms with E-state index in [0.717, 1.165) is 12.0 Å². The Morgan fingerprint density at radius 2 is 1.67 bits per heavy atom. The third kappa shape index (κ3) is 2.94. The Morgan fingerprint density at radius 3 is 2.33 bits per heavy atom. The van der Waals surface area contributed by atoms with Crippen molar-refractivity contribution in [3.05, 3.63) is 0 Å². The average molecular weight is 210 g/mol. The van der Waals surface area contributed by atoms with Crippen LogP contribution >= 0.6 is 0 Å². The summed E-state index contributed by atoms with van der Waals surface area (Å²) in [5, 5.41) is 3.57. The molecule has 2 saturated heterocycles. The minimum absolute atomic E-state index is 0.841. The molecule has 88 valence electrons. The van der Waals surface area contributed by atoms with Gasteiger partial charge in [-0.2, -0.15) is 0 Å². The zero-order valence-corrected chi connectivity index (χ0v) is 10.2. The highest BCUT2D eigenvalue weighted by Gasteiger charge is 2.30. The monoisotopic (exact) mass is 210 g/mol. The second kappa shape index (κ2) is 5.86. The molecule has 1 N–H and O–H groups in total. The number of hydrogen-bond acceptors (Lipinski definition) is 2.